The average Bonchev–Trinajstić information content (AvgIpc) is 3.48. The van der Waals surface area contributed by atoms with E-state index in [4.69, 9.17) is 21.1 Å². The largest absolute Gasteiger partial charge is 0.507 e. The van der Waals surface area contributed by atoms with Crippen molar-refractivity contribution in [1.82, 2.24) is 9.88 Å². The fourth-order valence-corrected chi connectivity index (χ4v) is 5.00. The second kappa shape index (κ2) is 10.7. The van der Waals surface area contributed by atoms with Gasteiger partial charge >= 0.3 is 5.97 Å². The van der Waals surface area contributed by atoms with Crippen LogP contribution in [0.4, 0.5) is 0 Å². The SMILES string of the molecule is COC(=O)c1ccc([C@@H]2C(=C(O)c3ccc(Cl)cc3)C(=O)C(=O)N2CCc2c[nH]c3ccc(OC)cc23)cc1. The van der Waals surface area contributed by atoms with Crippen molar-refractivity contribution in [2.75, 3.05) is 20.8 Å². The Balaban J connectivity index is 1.55. The van der Waals surface area contributed by atoms with Crippen LogP contribution in [0.25, 0.3) is 16.7 Å². The number of H-pyrrole nitrogens is 1. The Morgan fingerprint density at radius 3 is 2.36 bits per heavy atom. The van der Waals surface area contributed by atoms with Gasteiger partial charge in [0.25, 0.3) is 11.7 Å². The third-order valence-corrected chi connectivity index (χ3v) is 7.15. The number of esters is 1. The van der Waals surface area contributed by atoms with Gasteiger partial charge in [-0.05, 0) is 72.1 Å². The van der Waals surface area contributed by atoms with E-state index in [9.17, 15) is 19.5 Å². The zero-order valence-electron chi connectivity index (χ0n) is 21.2. The highest BCUT2D eigenvalue weighted by Gasteiger charge is 2.46. The molecule has 0 aliphatic carbocycles. The van der Waals surface area contributed by atoms with E-state index in [0.29, 0.717) is 33.9 Å². The van der Waals surface area contributed by atoms with Crippen LogP contribution in [-0.2, 0) is 20.7 Å². The Kier molecular flexibility index (Phi) is 7.13. The van der Waals surface area contributed by atoms with Gasteiger partial charge in [0.05, 0.1) is 31.4 Å². The predicted octanol–water partition coefficient (Wildman–Crippen LogP) is 5.28. The van der Waals surface area contributed by atoms with Gasteiger partial charge in [-0.25, -0.2) is 4.79 Å². The monoisotopic (exact) mass is 544 g/mol. The van der Waals surface area contributed by atoms with Crippen LogP contribution < -0.4 is 4.74 Å². The van der Waals surface area contributed by atoms with Gasteiger partial charge < -0.3 is 24.5 Å². The summed E-state index contributed by atoms with van der Waals surface area (Å²) in [6.45, 7) is 0.204. The Labute approximate surface area is 229 Å². The van der Waals surface area contributed by atoms with Gasteiger partial charge in [-0.2, -0.15) is 0 Å². The van der Waals surface area contributed by atoms with Crippen LogP contribution in [0.2, 0.25) is 5.02 Å². The first kappa shape index (κ1) is 26.1. The number of benzene rings is 3. The number of ether oxygens (including phenoxy) is 2. The topological polar surface area (TPSA) is 109 Å². The lowest BCUT2D eigenvalue weighted by molar-refractivity contribution is -0.139. The number of nitrogens with one attached hydrogen (secondary N) is 1. The summed E-state index contributed by atoms with van der Waals surface area (Å²) in [5.41, 5.74) is 3.08. The molecule has 198 valence electrons. The van der Waals surface area contributed by atoms with E-state index in [0.717, 1.165) is 16.5 Å². The van der Waals surface area contributed by atoms with Gasteiger partial charge in [-0.15, -0.1) is 0 Å². The van der Waals surface area contributed by atoms with Gasteiger partial charge in [0.2, 0.25) is 0 Å². The minimum Gasteiger partial charge on any atom is -0.507 e. The summed E-state index contributed by atoms with van der Waals surface area (Å²) in [6.07, 6.45) is 2.31. The third kappa shape index (κ3) is 4.86. The smallest absolute Gasteiger partial charge is 0.337 e. The van der Waals surface area contributed by atoms with Crippen LogP contribution in [0.15, 0.2) is 78.5 Å². The number of ketones is 1. The van der Waals surface area contributed by atoms with Crippen LogP contribution in [0.5, 0.6) is 5.75 Å². The van der Waals surface area contributed by atoms with Crippen molar-refractivity contribution in [2.24, 2.45) is 0 Å². The molecule has 2 N–H and O–H groups in total. The van der Waals surface area contributed by atoms with Gasteiger partial charge in [0, 0.05) is 34.2 Å². The van der Waals surface area contributed by atoms with Crippen molar-refractivity contribution in [2.45, 2.75) is 12.5 Å². The van der Waals surface area contributed by atoms with Crippen molar-refractivity contribution >= 4 is 45.9 Å². The Morgan fingerprint density at radius 1 is 1.00 bits per heavy atom. The van der Waals surface area contributed by atoms with Crippen molar-refractivity contribution in [3.05, 3.63) is 106 Å². The van der Waals surface area contributed by atoms with Gasteiger partial charge in [0.15, 0.2) is 0 Å². The number of halogens is 1. The highest BCUT2D eigenvalue weighted by Crippen LogP contribution is 2.40. The molecule has 0 radical (unpaired) electrons. The van der Waals surface area contributed by atoms with Gasteiger partial charge in [-0.1, -0.05) is 23.7 Å². The van der Waals surface area contributed by atoms with Crippen LogP contribution in [0, 0.1) is 0 Å². The van der Waals surface area contributed by atoms with E-state index in [1.807, 2.05) is 24.4 Å². The molecule has 9 heteroatoms. The minimum absolute atomic E-state index is 0.0336. The molecule has 2 heterocycles. The molecule has 39 heavy (non-hydrogen) atoms. The summed E-state index contributed by atoms with van der Waals surface area (Å²) in [5, 5.41) is 12.6. The molecular weight excluding hydrogens is 520 g/mol. The number of aromatic amines is 1. The van der Waals surface area contributed by atoms with Crippen molar-refractivity contribution < 1.29 is 29.0 Å². The summed E-state index contributed by atoms with van der Waals surface area (Å²) in [7, 11) is 2.89. The lowest BCUT2D eigenvalue weighted by Crippen LogP contribution is -2.31. The number of methoxy groups -OCH3 is 2. The maximum Gasteiger partial charge on any atom is 0.337 e. The first-order valence-electron chi connectivity index (χ1n) is 12.2. The molecule has 1 aliphatic heterocycles. The summed E-state index contributed by atoms with van der Waals surface area (Å²) in [5.74, 6) is -1.61. The molecule has 0 unspecified atom stereocenters. The second-order valence-corrected chi connectivity index (χ2v) is 9.52. The number of rotatable bonds is 7. The van der Waals surface area contributed by atoms with E-state index < -0.39 is 23.7 Å². The number of aliphatic hydroxyl groups excluding tert-OH is 1. The van der Waals surface area contributed by atoms with Gasteiger partial charge in [-0.3, -0.25) is 9.59 Å². The van der Waals surface area contributed by atoms with Crippen LogP contribution in [0.1, 0.15) is 33.1 Å². The maximum absolute atomic E-state index is 13.3. The van der Waals surface area contributed by atoms with E-state index >= 15 is 0 Å². The maximum atomic E-state index is 13.3. The molecule has 0 saturated carbocycles. The van der Waals surface area contributed by atoms with E-state index in [1.54, 1.807) is 55.6 Å². The summed E-state index contributed by atoms with van der Waals surface area (Å²) in [4.78, 5) is 43.3. The number of amides is 1. The highest BCUT2D eigenvalue weighted by atomic mass is 35.5. The Morgan fingerprint density at radius 2 is 1.69 bits per heavy atom. The number of aromatic nitrogens is 1. The molecule has 1 saturated heterocycles. The molecule has 3 aromatic carbocycles. The molecular formula is C30H25ClN2O6. The minimum atomic E-state index is -0.868. The van der Waals surface area contributed by atoms with E-state index in [-0.39, 0.29) is 17.9 Å². The number of aliphatic hydroxyl groups is 1. The number of fused-ring (bicyclic) bond motifs is 1. The zero-order chi connectivity index (χ0) is 27.7. The molecule has 0 spiro atoms. The molecule has 1 aliphatic rings. The normalized spacial score (nSPS) is 16.6. The molecule has 1 fully saturated rings. The molecule has 1 aromatic heterocycles. The molecule has 5 rings (SSSR count). The Bertz CT molecular complexity index is 1600. The highest BCUT2D eigenvalue weighted by molar-refractivity contribution is 6.46. The first-order valence-corrected chi connectivity index (χ1v) is 12.6. The molecule has 8 nitrogen and oxygen atoms in total. The average molecular weight is 545 g/mol. The molecule has 0 bridgehead atoms. The Hall–Kier alpha value is -4.56. The third-order valence-electron chi connectivity index (χ3n) is 6.90. The van der Waals surface area contributed by atoms with E-state index in [2.05, 4.69) is 4.98 Å². The number of carbonyl (C=O) groups is 3. The van der Waals surface area contributed by atoms with Crippen LogP contribution in [-0.4, -0.2) is 53.4 Å². The summed E-state index contributed by atoms with van der Waals surface area (Å²) >= 11 is 6.00. The fraction of sp³-hybridized carbons (Fsp3) is 0.167. The first-order chi connectivity index (χ1) is 18.8. The quantitative estimate of drug-likeness (QED) is 0.142. The number of hydrogen-bond acceptors (Lipinski definition) is 6. The lowest BCUT2D eigenvalue weighted by atomic mass is 9.94. The number of nitrogens with zero attached hydrogens (tertiary/aromatic N) is 1. The molecule has 1 amide bonds. The van der Waals surface area contributed by atoms with Crippen molar-refractivity contribution in [3.63, 3.8) is 0 Å². The van der Waals surface area contributed by atoms with Crippen LogP contribution >= 0.6 is 11.6 Å². The second-order valence-electron chi connectivity index (χ2n) is 9.09. The van der Waals surface area contributed by atoms with Gasteiger partial charge in [0.1, 0.15) is 11.5 Å². The summed E-state index contributed by atoms with van der Waals surface area (Å²) < 4.78 is 10.1. The number of carbonyl (C=O) groups excluding carboxylic acids is 3. The number of likely N-dealkylation sites (tertiary alicyclic amines) is 1. The van der Waals surface area contributed by atoms with E-state index in [1.165, 1.54) is 12.0 Å². The number of Topliss-reactive ketones (excluding diaryl/α,β-unsaturated/α-hetero) is 1. The molecule has 1 atom stereocenters. The predicted molar refractivity (Wildman–Crippen MR) is 147 cm³/mol. The summed E-state index contributed by atoms with van der Waals surface area (Å²) in [6, 6.07) is 17.6. The van der Waals surface area contributed by atoms with Crippen molar-refractivity contribution in [3.8, 4) is 5.75 Å². The number of hydrogen-bond donors (Lipinski definition) is 2. The van der Waals surface area contributed by atoms with Crippen LogP contribution in [0.3, 0.4) is 0 Å². The molecule has 4 aromatic rings. The standard InChI is InChI=1S/C30H25ClN2O6/c1-38-22-11-12-24-23(15-22)20(16-32-24)13-14-33-26(17-3-5-19(6-4-17)30(37)39-2)25(28(35)29(33)36)27(34)18-7-9-21(31)10-8-18/h3-12,15-16,26,32,34H,13-14H2,1-2H3/t26-/m1/s1. The zero-order valence-corrected chi connectivity index (χ0v) is 22.0. The lowest BCUT2D eigenvalue weighted by Gasteiger charge is -2.25. The van der Waals surface area contributed by atoms with Crippen molar-refractivity contribution in [1.29, 1.82) is 0 Å². The fourth-order valence-electron chi connectivity index (χ4n) is 4.87.